The van der Waals surface area contributed by atoms with Crippen LogP contribution in [0.15, 0.2) is 48.5 Å². The maximum absolute atomic E-state index is 11.8. The highest BCUT2D eigenvalue weighted by atomic mass is 16.2. The maximum atomic E-state index is 11.8. The van der Waals surface area contributed by atoms with Crippen LogP contribution in [-0.4, -0.2) is 11.8 Å². The summed E-state index contributed by atoms with van der Waals surface area (Å²) in [6.45, 7) is 3.89. The number of amides is 2. The van der Waals surface area contributed by atoms with Gasteiger partial charge in [-0.25, -0.2) is 4.79 Å². The van der Waals surface area contributed by atoms with E-state index in [0.717, 1.165) is 16.8 Å². The summed E-state index contributed by atoms with van der Waals surface area (Å²) in [4.78, 5) is 23.1. The van der Waals surface area contributed by atoms with Gasteiger partial charge in [-0.2, -0.15) is 0 Å². The molecule has 2 N–H and O–H groups in total. The molecular weight excluding hydrogens is 264 g/mol. The van der Waals surface area contributed by atoms with E-state index in [1.807, 2.05) is 43.3 Å². The van der Waals surface area contributed by atoms with E-state index in [2.05, 4.69) is 10.6 Å². The minimum Gasteiger partial charge on any atom is -0.334 e. The van der Waals surface area contributed by atoms with E-state index in [1.165, 1.54) is 6.92 Å². The molecule has 0 heterocycles. The first kappa shape index (κ1) is 14.8. The lowest BCUT2D eigenvalue weighted by Gasteiger charge is -2.08. The van der Waals surface area contributed by atoms with Gasteiger partial charge in [0.2, 0.25) is 0 Å². The van der Waals surface area contributed by atoms with Crippen molar-refractivity contribution in [1.29, 1.82) is 0 Å². The van der Waals surface area contributed by atoms with Crippen molar-refractivity contribution in [3.63, 3.8) is 0 Å². The second-order valence-corrected chi connectivity index (χ2v) is 4.93. The summed E-state index contributed by atoms with van der Waals surface area (Å²) in [5.41, 5.74) is 3.42. The van der Waals surface area contributed by atoms with Gasteiger partial charge in [0.15, 0.2) is 5.78 Å². The molecule has 4 heteroatoms. The highest BCUT2D eigenvalue weighted by Crippen LogP contribution is 2.09. The molecule has 2 amide bonds. The fourth-order valence-electron chi connectivity index (χ4n) is 1.89. The van der Waals surface area contributed by atoms with Crippen LogP contribution in [0.3, 0.4) is 0 Å². The summed E-state index contributed by atoms with van der Waals surface area (Å²) >= 11 is 0. The zero-order chi connectivity index (χ0) is 15.2. The minimum atomic E-state index is -0.271. The quantitative estimate of drug-likeness (QED) is 0.843. The van der Waals surface area contributed by atoms with Crippen LogP contribution in [0.25, 0.3) is 0 Å². The predicted octanol–water partition coefficient (Wildman–Crippen LogP) is 3.52. The molecule has 0 saturated carbocycles. The van der Waals surface area contributed by atoms with Gasteiger partial charge in [-0.3, -0.25) is 4.79 Å². The number of nitrogens with one attached hydrogen (secondary N) is 2. The van der Waals surface area contributed by atoms with Crippen LogP contribution in [0.1, 0.15) is 28.4 Å². The largest absolute Gasteiger partial charge is 0.334 e. The fraction of sp³-hybridized carbons (Fsp3) is 0.176. The molecule has 0 aromatic heterocycles. The zero-order valence-electron chi connectivity index (χ0n) is 12.1. The average molecular weight is 282 g/mol. The molecule has 0 fully saturated rings. The van der Waals surface area contributed by atoms with Crippen molar-refractivity contribution in [3.8, 4) is 0 Å². The number of anilines is 1. The second kappa shape index (κ2) is 6.70. The molecule has 0 saturated heterocycles. The van der Waals surface area contributed by atoms with E-state index >= 15 is 0 Å². The fourth-order valence-corrected chi connectivity index (χ4v) is 1.89. The predicted molar refractivity (Wildman–Crippen MR) is 83.5 cm³/mol. The van der Waals surface area contributed by atoms with Crippen LogP contribution in [0.2, 0.25) is 0 Å². The number of rotatable bonds is 4. The summed E-state index contributed by atoms with van der Waals surface area (Å²) in [5, 5.41) is 5.53. The summed E-state index contributed by atoms with van der Waals surface area (Å²) in [7, 11) is 0. The number of hydrogen-bond acceptors (Lipinski definition) is 2. The van der Waals surface area contributed by atoms with Gasteiger partial charge in [0, 0.05) is 17.8 Å². The molecule has 4 nitrogen and oxygen atoms in total. The first-order valence-electron chi connectivity index (χ1n) is 6.76. The number of urea groups is 1. The van der Waals surface area contributed by atoms with E-state index in [4.69, 9.17) is 0 Å². The number of benzene rings is 2. The molecule has 2 rings (SSSR count). The molecule has 0 unspecified atom stereocenters. The van der Waals surface area contributed by atoms with Crippen molar-refractivity contribution in [2.75, 3.05) is 5.32 Å². The third kappa shape index (κ3) is 4.45. The Morgan fingerprint density at radius 3 is 2.43 bits per heavy atom. The molecule has 0 spiro atoms. The van der Waals surface area contributed by atoms with Gasteiger partial charge in [0.25, 0.3) is 0 Å². The lowest BCUT2D eigenvalue weighted by Crippen LogP contribution is -2.28. The molecule has 0 bridgehead atoms. The lowest BCUT2D eigenvalue weighted by atomic mass is 10.1. The summed E-state index contributed by atoms with van der Waals surface area (Å²) in [6, 6.07) is 14.5. The Morgan fingerprint density at radius 1 is 1.05 bits per heavy atom. The van der Waals surface area contributed by atoms with Gasteiger partial charge in [-0.15, -0.1) is 0 Å². The van der Waals surface area contributed by atoms with E-state index < -0.39 is 0 Å². The lowest BCUT2D eigenvalue weighted by molar-refractivity contribution is 0.101. The smallest absolute Gasteiger partial charge is 0.319 e. The molecule has 0 aliphatic heterocycles. The maximum Gasteiger partial charge on any atom is 0.319 e. The molecule has 0 atom stereocenters. The van der Waals surface area contributed by atoms with Crippen LogP contribution in [0.5, 0.6) is 0 Å². The topological polar surface area (TPSA) is 58.2 Å². The van der Waals surface area contributed by atoms with E-state index in [9.17, 15) is 9.59 Å². The number of carbonyl (C=O) groups is 2. The number of hydrogen-bond donors (Lipinski definition) is 2. The molecule has 0 aliphatic rings. The van der Waals surface area contributed by atoms with Crippen molar-refractivity contribution in [2.45, 2.75) is 20.4 Å². The molecule has 108 valence electrons. The average Bonchev–Trinajstić information content (AvgIpc) is 2.48. The van der Waals surface area contributed by atoms with Gasteiger partial charge < -0.3 is 10.6 Å². The second-order valence-electron chi connectivity index (χ2n) is 4.93. The van der Waals surface area contributed by atoms with Crippen molar-refractivity contribution in [1.82, 2.24) is 5.32 Å². The standard InChI is InChI=1S/C17H18N2O2/c1-12-6-8-16(9-7-12)19-17(21)18-11-14-4-3-5-15(10-14)13(2)20/h3-10H,11H2,1-2H3,(H2,18,19,21). The summed E-state index contributed by atoms with van der Waals surface area (Å²) in [6.07, 6.45) is 0. The molecule has 2 aromatic rings. The Morgan fingerprint density at radius 2 is 1.76 bits per heavy atom. The van der Waals surface area contributed by atoms with Crippen LogP contribution < -0.4 is 10.6 Å². The van der Waals surface area contributed by atoms with E-state index in [-0.39, 0.29) is 11.8 Å². The number of aryl methyl sites for hydroxylation is 1. The van der Waals surface area contributed by atoms with Gasteiger partial charge in [-0.05, 0) is 37.6 Å². The monoisotopic (exact) mass is 282 g/mol. The number of ketones is 1. The highest BCUT2D eigenvalue weighted by molar-refractivity contribution is 5.94. The van der Waals surface area contributed by atoms with Crippen molar-refractivity contribution >= 4 is 17.5 Å². The Labute approximate surface area is 124 Å². The Bertz CT molecular complexity index is 648. The zero-order valence-corrected chi connectivity index (χ0v) is 12.1. The molecular formula is C17H18N2O2. The highest BCUT2D eigenvalue weighted by Gasteiger charge is 2.03. The van der Waals surface area contributed by atoms with Crippen LogP contribution in [-0.2, 0) is 6.54 Å². The van der Waals surface area contributed by atoms with Gasteiger partial charge >= 0.3 is 6.03 Å². The Balaban J connectivity index is 1.90. The molecule has 0 radical (unpaired) electrons. The molecule has 2 aromatic carbocycles. The van der Waals surface area contributed by atoms with Crippen LogP contribution in [0.4, 0.5) is 10.5 Å². The molecule has 21 heavy (non-hydrogen) atoms. The number of Topliss-reactive ketones (excluding diaryl/α,β-unsaturated/α-hetero) is 1. The minimum absolute atomic E-state index is 0.0148. The third-order valence-corrected chi connectivity index (χ3v) is 3.10. The molecule has 0 aliphatic carbocycles. The van der Waals surface area contributed by atoms with Crippen molar-refractivity contribution in [2.24, 2.45) is 0 Å². The Kier molecular flexibility index (Phi) is 4.72. The van der Waals surface area contributed by atoms with Gasteiger partial charge in [0.1, 0.15) is 0 Å². The SMILES string of the molecule is CC(=O)c1cccc(CNC(=O)Nc2ccc(C)cc2)c1. The van der Waals surface area contributed by atoms with E-state index in [0.29, 0.717) is 12.1 Å². The summed E-state index contributed by atoms with van der Waals surface area (Å²) < 4.78 is 0. The third-order valence-electron chi connectivity index (χ3n) is 3.10. The Hall–Kier alpha value is -2.62. The van der Waals surface area contributed by atoms with Gasteiger partial charge in [0.05, 0.1) is 0 Å². The first-order valence-corrected chi connectivity index (χ1v) is 6.76. The van der Waals surface area contributed by atoms with Crippen LogP contribution in [0, 0.1) is 6.92 Å². The van der Waals surface area contributed by atoms with Crippen LogP contribution >= 0.6 is 0 Å². The number of carbonyl (C=O) groups excluding carboxylic acids is 2. The summed E-state index contributed by atoms with van der Waals surface area (Å²) in [5.74, 6) is 0.0148. The van der Waals surface area contributed by atoms with Crippen molar-refractivity contribution < 1.29 is 9.59 Å². The van der Waals surface area contributed by atoms with Crippen molar-refractivity contribution in [3.05, 3.63) is 65.2 Å². The normalized spacial score (nSPS) is 10.0. The van der Waals surface area contributed by atoms with Gasteiger partial charge in [-0.1, -0.05) is 35.9 Å². The first-order chi connectivity index (χ1) is 10.0. The van der Waals surface area contributed by atoms with E-state index in [1.54, 1.807) is 12.1 Å².